The Hall–Kier alpha value is -0.0400. The van der Waals surface area contributed by atoms with Crippen LogP contribution in [0.5, 0.6) is 0 Å². The second-order valence-electron chi connectivity index (χ2n) is 6.01. The van der Waals surface area contributed by atoms with E-state index in [2.05, 4.69) is 33.0 Å². The van der Waals surface area contributed by atoms with Crippen LogP contribution in [0, 0.1) is 11.8 Å². The molecule has 84 valence electrons. The summed E-state index contributed by atoms with van der Waals surface area (Å²) in [6, 6.07) is 0. The lowest BCUT2D eigenvalue weighted by Gasteiger charge is -2.30. The van der Waals surface area contributed by atoms with E-state index in [0.717, 1.165) is 11.8 Å². The molecule has 0 heterocycles. The Kier molecular flexibility index (Phi) is 4.43. The SMILES string of the molecule is CC(CNC(C)(C)C)C1CCCCC1. The third-order valence-electron chi connectivity index (χ3n) is 3.41. The third kappa shape index (κ3) is 4.45. The summed E-state index contributed by atoms with van der Waals surface area (Å²) in [6.07, 6.45) is 7.32. The largest absolute Gasteiger partial charge is 0.312 e. The van der Waals surface area contributed by atoms with Crippen molar-refractivity contribution in [3.05, 3.63) is 0 Å². The van der Waals surface area contributed by atoms with Gasteiger partial charge in [0.15, 0.2) is 0 Å². The topological polar surface area (TPSA) is 12.0 Å². The van der Waals surface area contributed by atoms with Gasteiger partial charge in [0, 0.05) is 5.54 Å². The van der Waals surface area contributed by atoms with E-state index in [1.54, 1.807) is 0 Å². The molecule has 1 N–H and O–H groups in total. The Balaban J connectivity index is 2.23. The fraction of sp³-hybridized carbons (Fsp3) is 1.00. The maximum Gasteiger partial charge on any atom is 0.00966 e. The van der Waals surface area contributed by atoms with Crippen LogP contribution in [-0.2, 0) is 0 Å². The molecule has 1 aliphatic carbocycles. The highest BCUT2D eigenvalue weighted by Crippen LogP contribution is 2.29. The zero-order chi connectivity index (χ0) is 10.6. The summed E-state index contributed by atoms with van der Waals surface area (Å²) >= 11 is 0. The summed E-state index contributed by atoms with van der Waals surface area (Å²) in [5, 5.41) is 3.62. The fourth-order valence-electron chi connectivity index (χ4n) is 2.34. The van der Waals surface area contributed by atoms with E-state index in [9.17, 15) is 0 Å². The molecule has 0 aromatic heterocycles. The molecule has 1 nitrogen and oxygen atoms in total. The van der Waals surface area contributed by atoms with Crippen molar-refractivity contribution in [3.8, 4) is 0 Å². The quantitative estimate of drug-likeness (QED) is 0.729. The van der Waals surface area contributed by atoms with E-state index < -0.39 is 0 Å². The Morgan fingerprint density at radius 3 is 2.21 bits per heavy atom. The van der Waals surface area contributed by atoms with Gasteiger partial charge in [-0.05, 0) is 39.2 Å². The Morgan fingerprint density at radius 1 is 1.14 bits per heavy atom. The zero-order valence-corrected chi connectivity index (χ0v) is 10.4. The molecule has 0 aliphatic heterocycles. The van der Waals surface area contributed by atoms with Gasteiger partial charge in [0.25, 0.3) is 0 Å². The molecular weight excluding hydrogens is 170 g/mol. The van der Waals surface area contributed by atoms with E-state index in [0.29, 0.717) is 0 Å². The molecule has 0 aromatic rings. The monoisotopic (exact) mass is 197 g/mol. The average Bonchev–Trinajstić information content (AvgIpc) is 2.14. The summed E-state index contributed by atoms with van der Waals surface area (Å²) in [5.74, 6) is 1.84. The zero-order valence-electron chi connectivity index (χ0n) is 10.4. The first-order valence-corrected chi connectivity index (χ1v) is 6.24. The van der Waals surface area contributed by atoms with E-state index in [1.165, 1.54) is 38.6 Å². The third-order valence-corrected chi connectivity index (χ3v) is 3.41. The molecule has 1 rings (SSSR count). The predicted octanol–water partition coefficient (Wildman–Crippen LogP) is 3.59. The molecule has 0 spiro atoms. The highest BCUT2D eigenvalue weighted by Gasteiger charge is 2.21. The van der Waals surface area contributed by atoms with Gasteiger partial charge in [-0.2, -0.15) is 0 Å². The molecular formula is C13H27N. The van der Waals surface area contributed by atoms with Gasteiger partial charge in [-0.1, -0.05) is 39.0 Å². The second kappa shape index (κ2) is 5.16. The summed E-state index contributed by atoms with van der Waals surface area (Å²) in [7, 11) is 0. The fourth-order valence-corrected chi connectivity index (χ4v) is 2.34. The lowest BCUT2D eigenvalue weighted by atomic mass is 9.80. The van der Waals surface area contributed by atoms with Gasteiger partial charge in [-0.15, -0.1) is 0 Å². The standard InChI is InChI=1S/C13H27N/c1-11(10-14-13(2,3)4)12-8-6-5-7-9-12/h11-12,14H,5-10H2,1-4H3. The van der Waals surface area contributed by atoms with E-state index >= 15 is 0 Å². The van der Waals surface area contributed by atoms with E-state index in [4.69, 9.17) is 0 Å². The summed E-state index contributed by atoms with van der Waals surface area (Å²) in [6.45, 7) is 10.4. The maximum absolute atomic E-state index is 3.62. The first kappa shape index (κ1) is 12.0. The highest BCUT2D eigenvalue weighted by molar-refractivity contribution is 4.77. The molecule has 14 heavy (non-hydrogen) atoms. The van der Waals surface area contributed by atoms with Crippen molar-refractivity contribution in [2.75, 3.05) is 6.54 Å². The van der Waals surface area contributed by atoms with Gasteiger partial charge in [0.2, 0.25) is 0 Å². The van der Waals surface area contributed by atoms with Crippen molar-refractivity contribution in [2.45, 2.75) is 65.3 Å². The molecule has 0 radical (unpaired) electrons. The van der Waals surface area contributed by atoms with Gasteiger partial charge >= 0.3 is 0 Å². The number of nitrogens with one attached hydrogen (secondary N) is 1. The minimum absolute atomic E-state index is 0.281. The summed E-state index contributed by atoms with van der Waals surface area (Å²) < 4.78 is 0. The van der Waals surface area contributed by atoms with Gasteiger partial charge in [0.05, 0.1) is 0 Å². The van der Waals surface area contributed by atoms with Crippen LogP contribution >= 0.6 is 0 Å². The Labute approximate surface area is 89.7 Å². The first-order chi connectivity index (χ1) is 6.49. The number of hydrogen-bond donors (Lipinski definition) is 1. The summed E-state index contributed by atoms with van der Waals surface area (Å²) in [5.41, 5.74) is 0.281. The van der Waals surface area contributed by atoms with Crippen LogP contribution in [0.4, 0.5) is 0 Å². The molecule has 1 atom stereocenters. The van der Waals surface area contributed by atoms with Crippen molar-refractivity contribution in [1.82, 2.24) is 5.32 Å². The molecule has 1 heteroatoms. The minimum atomic E-state index is 0.281. The normalized spacial score (nSPS) is 22.3. The van der Waals surface area contributed by atoms with Gasteiger partial charge in [-0.3, -0.25) is 0 Å². The van der Waals surface area contributed by atoms with E-state index in [1.807, 2.05) is 0 Å². The van der Waals surface area contributed by atoms with Gasteiger partial charge < -0.3 is 5.32 Å². The molecule has 1 aliphatic rings. The second-order valence-corrected chi connectivity index (χ2v) is 6.01. The molecule has 0 saturated heterocycles. The van der Waals surface area contributed by atoms with Gasteiger partial charge in [0.1, 0.15) is 0 Å². The molecule has 0 amide bonds. The van der Waals surface area contributed by atoms with E-state index in [-0.39, 0.29) is 5.54 Å². The van der Waals surface area contributed by atoms with Crippen LogP contribution in [0.25, 0.3) is 0 Å². The molecule has 0 aromatic carbocycles. The van der Waals surface area contributed by atoms with Crippen LogP contribution < -0.4 is 5.32 Å². The molecule has 1 unspecified atom stereocenters. The molecule has 1 fully saturated rings. The van der Waals surface area contributed by atoms with Crippen molar-refractivity contribution in [3.63, 3.8) is 0 Å². The smallest absolute Gasteiger partial charge is 0.00966 e. The van der Waals surface area contributed by atoms with Crippen LogP contribution in [0.2, 0.25) is 0 Å². The van der Waals surface area contributed by atoms with Crippen molar-refractivity contribution < 1.29 is 0 Å². The number of hydrogen-bond acceptors (Lipinski definition) is 1. The molecule has 1 saturated carbocycles. The van der Waals surface area contributed by atoms with Crippen molar-refractivity contribution in [2.24, 2.45) is 11.8 Å². The van der Waals surface area contributed by atoms with Crippen LogP contribution in [0.1, 0.15) is 59.8 Å². The maximum atomic E-state index is 3.62. The average molecular weight is 197 g/mol. The van der Waals surface area contributed by atoms with Gasteiger partial charge in [-0.25, -0.2) is 0 Å². The summed E-state index contributed by atoms with van der Waals surface area (Å²) in [4.78, 5) is 0. The lowest BCUT2D eigenvalue weighted by Crippen LogP contribution is -2.40. The molecule has 0 bridgehead atoms. The number of rotatable bonds is 3. The Bertz CT molecular complexity index is 151. The minimum Gasteiger partial charge on any atom is -0.312 e. The van der Waals surface area contributed by atoms with Crippen LogP contribution in [0.15, 0.2) is 0 Å². The van der Waals surface area contributed by atoms with Crippen molar-refractivity contribution >= 4 is 0 Å². The first-order valence-electron chi connectivity index (χ1n) is 6.24. The van der Waals surface area contributed by atoms with Crippen LogP contribution in [0.3, 0.4) is 0 Å². The predicted molar refractivity (Wildman–Crippen MR) is 63.5 cm³/mol. The van der Waals surface area contributed by atoms with Crippen LogP contribution in [-0.4, -0.2) is 12.1 Å². The Morgan fingerprint density at radius 2 is 1.71 bits per heavy atom. The lowest BCUT2D eigenvalue weighted by molar-refractivity contribution is 0.241. The highest BCUT2D eigenvalue weighted by atomic mass is 14.9. The van der Waals surface area contributed by atoms with Crippen molar-refractivity contribution in [1.29, 1.82) is 0 Å².